The molecular weight excluding hydrogens is 522 g/mol. The highest BCUT2D eigenvalue weighted by Gasteiger charge is 2.41. The molecule has 2 aromatic carbocycles. The van der Waals surface area contributed by atoms with Gasteiger partial charge in [-0.25, -0.2) is 4.79 Å². The molecule has 1 saturated heterocycles. The number of thiocarbonyl (C=S) groups is 1. The first-order valence-electron chi connectivity index (χ1n) is 13.1. The number of para-hydroxylation sites is 1. The van der Waals surface area contributed by atoms with E-state index in [0.717, 1.165) is 39.6 Å². The van der Waals surface area contributed by atoms with Gasteiger partial charge in [-0.05, 0) is 86.6 Å². The van der Waals surface area contributed by atoms with Crippen molar-refractivity contribution in [2.24, 2.45) is 0 Å². The van der Waals surface area contributed by atoms with Gasteiger partial charge in [0.15, 0.2) is 5.11 Å². The molecule has 0 unspecified atom stereocenters. The van der Waals surface area contributed by atoms with Crippen LogP contribution in [-0.2, 0) is 4.79 Å². The van der Waals surface area contributed by atoms with E-state index in [-0.39, 0.29) is 30.0 Å². The highest BCUT2D eigenvalue weighted by atomic mass is 32.1. The molecule has 1 aliphatic rings. The van der Waals surface area contributed by atoms with Crippen LogP contribution in [0, 0.1) is 20.8 Å². The van der Waals surface area contributed by atoms with E-state index in [0.29, 0.717) is 11.7 Å². The Bertz CT molecular complexity index is 1580. The smallest absolute Gasteiger partial charge is 0.335 e. The highest BCUT2D eigenvalue weighted by molar-refractivity contribution is 7.80. The zero-order chi connectivity index (χ0) is 28.4. The molecule has 2 aromatic heterocycles. The van der Waals surface area contributed by atoms with Gasteiger partial charge in [-0.15, -0.1) is 0 Å². The lowest BCUT2D eigenvalue weighted by Gasteiger charge is -2.28. The number of pyridine rings is 1. The van der Waals surface area contributed by atoms with Crippen LogP contribution in [0.3, 0.4) is 0 Å². The van der Waals surface area contributed by atoms with Gasteiger partial charge >= 0.3 is 5.97 Å². The Kier molecular flexibility index (Phi) is 7.66. The summed E-state index contributed by atoms with van der Waals surface area (Å²) in [5, 5.41) is 16.5. The molecule has 4 aromatic rings. The number of hydrogen-bond donors (Lipinski definition) is 3. The number of carboxylic acids is 1. The number of carboxylic acid groups (broad SMARTS) is 1. The lowest BCUT2D eigenvalue weighted by atomic mass is 9.96. The molecule has 5 rings (SSSR count). The van der Waals surface area contributed by atoms with Gasteiger partial charge in [0.1, 0.15) is 0 Å². The van der Waals surface area contributed by atoms with Gasteiger partial charge in [0.25, 0.3) is 0 Å². The number of aromatic nitrogens is 2. The van der Waals surface area contributed by atoms with Crippen LogP contribution < -0.4 is 10.6 Å². The summed E-state index contributed by atoms with van der Waals surface area (Å²) in [5.74, 6) is -1.06. The third-order valence-corrected chi connectivity index (χ3v) is 7.69. The van der Waals surface area contributed by atoms with E-state index < -0.39 is 5.97 Å². The van der Waals surface area contributed by atoms with Gasteiger partial charge in [-0.1, -0.05) is 30.3 Å². The molecule has 3 heterocycles. The molecule has 0 radical (unpaired) electrons. The minimum Gasteiger partial charge on any atom is -0.478 e. The summed E-state index contributed by atoms with van der Waals surface area (Å²) in [4.78, 5) is 31.3. The van der Waals surface area contributed by atoms with Crippen LogP contribution in [0.5, 0.6) is 0 Å². The number of aryl methyl sites for hydroxylation is 2. The first kappa shape index (κ1) is 27.1. The average molecular weight is 554 g/mol. The van der Waals surface area contributed by atoms with Crippen LogP contribution in [0.15, 0.2) is 79.0 Å². The lowest BCUT2D eigenvalue weighted by molar-refractivity contribution is -0.116. The maximum Gasteiger partial charge on any atom is 0.335 e. The van der Waals surface area contributed by atoms with Crippen LogP contribution in [0.4, 0.5) is 5.69 Å². The maximum atomic E-state index is 13.0. The van der Waals surface area contributed by atoms with Crippen molar-refractivity contribution in [3.05, 3.63) is 113 Å². The van der Waals surface area contributed by atoms with Crippen molar-refractivity contribution in [2.45, 2.75) is 39.3 Å². The second-order valence-electron chi connectivity index (χ2n) is 9.95. The van der Waals surface area contributed by atoms with Crippen molar-refractivity contribution in [2.75, 3.05) is 11.9 Å². The van der Waals surface area contributed by atoms with Gasteiger partial charge in [0.2, 0.25) is 5.91 Å². The fraction of sp³-hybridized carbons (Fsp3) is 0.226. The minimum absolute atomic E-state index is 0.0897. The van der Waals surface area contributed by atoms with Crippen molar-refractivity contribution in [1.29, 1.82) is 0 Å². The number of benzene rings is 2. The third kappa shape index (κ3) is 5.33. The number of rotatable bonds is 8. The highest BCUT2D eigenvalue weighted by Crippen LogP contribution is 2.41. The van der Waals surface area contributed by atoms with Crippen molar-refractivity contribution in [3.63, 3.8) is 0 Å². The van der Waals surface area contributed by atoms with Crippen molar-refractivity contribution < 1.29 is 14.7 Å². The Morgan fingerprint density at radius 2 is 1.80 bits per heavy atom. The largest absolute Gasteiger partial charge is 0.478 e. The third-order valence-electron chi connectivity index (χ3n) is 7.34. The Morgan fingerprint density at radius 3 is 2.52 bits per heavy atom. The zero-order valence-electron chi connectivity index (χ0n) is 22.6. The molecular formula is C31H31N5O3S. The van der Waals surface area contributed by atoms with E-state index in [4.69, 9.17) is 12.2 Å². The van der Waals surface area contributed by atoms with Crippen molar-refractivity contribution in [1.82, 2.24) is 19.8 Å². The zero-order valence-corrected chi connectivity index (χ0v) is 23.4. The van der Waals surface area contributed by atoms with Gasteiger partial charge in [-0.3, -0.25) is 9.78 Å². The number of hydrogen-bond acceptors (Lipinski definition) is 4. The standard InChI is InChI=1S/C31H31N5O3S/c1-19-9-4-5-12-25(19)33-27(37)14-16-35-29(28(34-31(35)40)26-13-6-7-15-32-26)24-17-20(2)36(21(24)3)23-11-8-10-22(18-23)30(38)39/h4-13,15,17-18,28-29H,14,16H2,1-3H3,(H,33,37)(H,34,40)(H,38,39)/t28-,29+/m0/s1. The van der Waals surface area contributed by atoms with E-state index in [1.807, 2.05) is 69.3 Å². The van der Waals surface area contributed by atoms with Gasteiger partial charge in [0, 0.05) is 41.9 Å². The summed E-state index contributed by atoms with van der Waals surface area (Å²) in [6.45, 7) is 6.40. The van der Waals surface area contributed by atoms with E-state index in [2.05, 4.69) is 31.2 Å². The summed E-state index contributed by atoms with van der Waals surface area (Å²) in [6, 6.07) is 22.1. The number of carbonyl (C=O) groups is 2. The summed E-state index contributed by atoms with van der Waals surface area (Å²) < 4.78 is 2.06. The molecule has 1 aliphatic heterocycles. The summed E-state index contributed by atoms with van der Waals surface area (Å²) in [7, 11) is 0. The van der Waals surface area contributed by atoms with Crippen LogP contribution in [0.1, 0.15) is 57.1 Å². The Morgan fingerprint density at radius 1 is 1.02 bits per heavy atom. The fourth-order valence-electron chi connectivity index (χ4n) is 5.40. The van der Waals surface area contributed by atoms with Crippen LogP contribution in [0.25, 0.3) is 5.69 Å². The molecule has 8 nitrogen and oxygen atoms in total. The molecule has 0 saturated carbocycles. The molecule has 3 N–H and O–H groups in total. The number of aromatic carboxylic acids is 1. The first-order valence-corrected chi connectivity index (χ1v) is 13.5. The lowest BCUT2D eigenvalue weighted by Crippen LogP contribution is -2.33. The Balaban J connectivity index is 1.49. The predicted molar refractivity (Wildman–Crippen MR) is 159 cm³/mol. The first-order chi connectivity index (χ1) is 19.2. The normalized spacial score (nSPS) is 16.6. The fourth-order valence-corrected chi connectivity index (χ4v) is 5.73. The SMILES string of the molecule is Cc1ccccc1NC(=O)CCN1C(=S)N[C@@H](c2ccccn2)[C@H]1c1cc(C)n(-c2cccc(C(=O)O)c2)c1C. The molecule has 0 spiro atoms. The summed E-state index contributed by atoms with van der Waals surface area (Å²) >= 11 is 5.80. The minimum atomic E-state index is -0.972. The van der Waals surface area contributed by atoms with E-state index in [1.54, 1.807) is 24.4 Å². The van der Waals surface area contributed by atoms with Gasteiger partial charge in [-0.2, -0.15) is 0 Å². The van der Waals surface area contributed by atoms with E-state index in [9.17, 15) is 14.7 Å². The summed E-state index contributed by atoms with van der Waals surface area (Å²) in [6.07, 6.45) is 2.01. The quantitative estimate of drug-likeness (QED) is 0.248. The van der Waals surface area contributed by atoms with Crippen LogP contribution in [0.2, 0.25) is 0 Å². The Hall–Kier alpha value is -4.50. The molecule has 40 heavy (non-hydrogen) atoms. The van der Waals surface area contributed by atoms with E-state index in [1.165, 1.54) is 0 Å². The van der Waals surface area contributed by atoms with Crippen LogP contribution in [-0.4, -0.2) is 43.1 Å². The molecule has 1 amide bonds. The second-order valence-corrected chi connectivity index (χ2v) is 10.3. The van der Waals surface area contributed by atoms with Gasteiger partial charge < -0.3 is 25.2 Å². The molecule has 2 atom stereocenters. The number of carbonyl (C=O) groups excluding carboxylic acids is 1. The number of nitrogens with one attached hydrogen (secondary N) is 2. The van der Waals surface area contributed by atoms with E-state index >= 15 is 0 Å². The molecule has 9 heteroatoms. The van der Waals surface area contributed by atoms with Crippen molar-refractivity contribution in [3.8, 4) is 5.69 Å². The monoisotopic (exact) mass is 553 g/mol. The van der Waals surface area contributed by atoms with Gasteiger partial charge in [0.05, 0.1) is 23.3 Å². The number of nitrogens with zero attached hydrogens (tertiary/aromatic N) is 3. The molecule has 0 bridgehead atoms. The number of amides is 1. The van der Waals surface area contributed by atoms with Crippen molar-refractivity contribution >= 4 is 34.9 Å². The average Bonchev–Trinajstić information content (AvgIpc) is 3.43. The summed E-state index contributed by atoms with van der Waals surface area (Å²) in [5.41, 5.74) is 6.60. The predicted octanol–water partition coefficient (Wildman–Crippen LogP) is 5.50. The molecule has 1 fully saturated rings. The number of anilines is 1. The second kappa shape index (κ2) is 11.3. The molecule has 204 valence electrons. The van der Waals surface area contributed by atoms with Crippen LogP contribution >= 0.6 is 12.2 Å². The maximum absolute atomic E-state index is 13.0. The topological polar surface area (TPSA) is 99.5 Å². The molecule has 0 aliphatic carbocycles. The Labute approximate surface area is 238 Å².